The van der Waals surface area contributed by atoms with Crippen molar-refractivity contribution >= 4 is 0 Å². The smallest absolute Gasteiger partial charge is 0.130 e. The number of aromatic nitrogens is 2. The molecule has 102 valence electrons. The van der Waals surface area contributed by atoms with E-state index in [1.54, 1.807) is 0 Å². The largest absolute Gasteiger partial charge is 0.487 e. The summed E-state index contributed by atoms with van der Waals surface area (Å²) in [6, 6.07) is 8.42. The van der Waals surface area contributed by atoms with Gasteiger partial charge in [0.05, 0.1) is 11.4 Å². The van der Waals surface area contributed by atoms with Gasteiger partial charge in [0.25, 0.3) is 0 Å². The summed E-state index contributed by atoms with van der Waals surface area (Å²) in [4.78, 5) is 0. The van der Waals surface area contributed by atoms with E-state index in [0.29, 0.717) is 6.61 Å². The minimum Gasteiger partial charge on any atom is -0.487 e. The van der Waals surface area contributed by atoms with Crippen LogP contribution in [0, 0.1) is 13.8 Å². The Bertz CT molecular complexity index is 538. The number of aryl methyl sites for hydroxylation is 4. The molecular formula is C16H22N2O. The van der Waals surface area contributed by atoms with Crippen LogP contribution in [0.3, 0.4) is 0 Å². The van der Waals surface area contributed by atoms with Crippen molar-refractivity contribution in [2.24, 2.45) is 0 Å². The lowest BCUT2D eigenvalue weighted by atomic mass is 10.1. The fraction of sp³-hybridized carbons (Fsp3) is 0.438. The van der Waals surface area contributed by atoms with E-state index in [9.17, 15) is 0 Å². The van der Waals surface area contributed by atoms with Gasteiger partial charge in [0.1, 0.15) is 12.4 Å². The zero-order valence-corrected chi connectivity index (χ0v) is 12.2. The molecule has 0 saturated carbocycles. The average Bonchev–Trinajstić information content (AvgIpc) is 2.77. The Hall–Kier alpha value is -1.77. The molecule has 0 spiro atoms. The summed E-state index contributed by atoms with van der Waals surface area (Å²) in [7, 11) is 0. The van der Waals surface area contributed by atoms with Crippen molar-refractivity contribution in [3.63, 3.8) is 0 Å². The molecule has 3 nitrogen and oxygen atoms in total. The van der Waals surface area contributed by atoms with Gasteiger partial charge in [-0.15, -0.1) is 0 Å². The highest BCUT2D eigenvalue weighted by molar-refractivity contribution is 5.33. The van der Waals surface area contributed by atoms with Crippen LogP contribution >= 0.6 is 0 Å². The van der Waals surface area contributed by atoms with Crippen LogP contribution in [0.5, 0.6) is 5.75 Å². The number of hydrogen-bond acceptors (Lipinski definition) is 2. The predicted octanol–water partition coefficient (Wildman–Crippen LogP) is 3.66. The maximum Gasteiger partial charge on any atom is 0.130 e. The van der Waals surface area contributed by atoms with Crippen LogP contribution < -0.4 is 4.74 Å². The highest BCUT2D eigenvalue weighted by Crippen LogP contribution is 2.18. The van der Waals surface area contributed by atoms with E-state index in [1.807, 2.05) is 4.68 Å². The molecule has 0 aliphatic carbocycles. The van der Waals surface area contributed by atoms with E-state index in [1.165, 1.54) is 11.1 Å². The maximum atomic E-state index is 5.89. The topological polar surface area (TPSA) is 27.1 Å². The number of benzene rings is 1. The van der Waals surface area contributed by atoms with E-state index >= 15 is 0 Å². The zero-order valence-electron chi connectivity index (χ0n) is 12.2. The third-order valence-electron chi connectivity index (χ3n) is 3.16. The van der Waals surface area contributed by atoms with Crippen LogP contribution in [0.1, 0.15) is 36.4 Å². The molecule has 0 atom stereocenters. The van der Waals surface area contributed by atoms with Crippen LogP contribution in [0.25, 0.3) is 0 Å². The van der Waals surface area contributed by atoms with Crippen molar-refractivity contribution in [3.05, 3.63) is 46.8 Å². The summed E-state index contributed by atoms with van der Waals surface area (Å²) < 4.78 is 7.91. The third-order valence-corrected chi connectivity index (χ3v) is 3.16. The molecular weight excluding hydrogens is 236 g/mol. The monoisotopic (exact) mass is 258 g/mol. The molecule has 19 heavy (non-hydrogen) atoms. The first-order valence-electron chi connectivity index (χ1n) is 6.89. The second-order valence-electron chi connectivity index (χ2n) is 4.91. The van der Waals surface area contributed by atoms with Gasteiger partial charge >= 0.3 is 0 Å². The van der Waals surface area contributed by atoms with Crippen LogP contribution in [0.2, 0.25) is 0 Å². The fourth-order valence-electron chi connectivity index (χ4n) is 2.25. The highest BCUT2D eigenvalue weighted by Gasteiger charge is 2.06. The summed E-state index contributed by atoms with van der Waals surface area (Å²) in [5, 5.41) is 4.53. The van der Waals surface area contributed by atoms with Gasteiger partial charge in [0.2, 0.25) is 0 Å². The molecule has 1 aromatic heterocycles. The number of hydrogen-bond donors (Lipinski definition) is 0. The summed E-state index contributed by atoms with van der Waals surface area (Å²) in [6.45, 7) is 9.86. The van der Waals surface area contributed by atoms with Crippen LogP contribution in [0.4, 0.5) is 0 Å². The molecule has 0 aliphatic heterocycles. The Morgan fingerprint density at radius 3 is 2.32 bits per heavy atom. The van der Waals surface area contributed by atoms with E-state index in [4.69, 9.17) is 4.74 Å². The molecule has 0 bridgehead atoms. The Morgan fingerprint density at radius 2 is 1.74 bits per heavy atom. The van der Waals surface area contributed by atoms with Gasteiger partial charge in [-0.2, -0.15) is 5.10 Å². The lowest BCUT2D eigenvalue weighted by Gasteiger charge is -2.09. The molecule has 2 rings (SSSR count). The highest BCUT2D eigenvalue weighted by atomic mass is 16.5. The van der Waals surface area contributed by atoms with Crippen LogP contribution in [0.15, 0.2) is 24.3 Å². The van der Waals surface area contributed by atoms with Crippen molar-refractivity contribution in [1.29, 1.82) is 0 Å². The van der Waals surface area contributed by atoms with Gasteiger partial charge in [0, 0.05) is 6.54 Å². The fourth-order valence-corrected chi connectivity index (χ4v) is 2.25. The third kappa shape index (κ3) is 3.37. The second-order valence-corrected chi connectivity index (χ2v) is 4.91. The summed E-state index contributed by atoms with van der Waals surface area (Å²) >= 11 is 0. The summed E-state index contributed by atoms with van der Waals surface area (Å²) in [5.41, 5.74) is 4.72. The minimum absolute atomic E-state index is 0.573. The maximum absolute atomic E-state index is 5.89. The standard InChI is InChI=1S/C16H22N2O/c1-5-14-10-15(18(6-2)17-14)11-19-16-8-12(3)7-13(4)9-16/h7-10H,5-6,11H2,1-4H3. The zero-order chi connectivity index (χ0) is 13.8. The van der Waals surface area contributed by atoms with Gasteiger partial charge in [-0.3, -0.25) is 4.68 Å². The molecule has 1 heterocycles. The van der Waals surface area contributed by atoms with Crippen molar-refractivity contribution in [2.45, 2.75) is 47.3 Å². The lowest BCUT2D eigenvalue weighted by Crippen LogP contribution is -2.06. The first-order chi connectivity index (χ1) is 9.12. The lowest BCUT2D eigenvalue weighted by molar-refractivity contribution is 0.292. The van der Waals surface area contributed by atoms with E-state index in [2.05, 4.69) is 57.1 Å². The van der Waals surface area contributed by atoms with Crippen molar-refractivity contribution in [2.75, 3.05) is 0 Å². The first-order valence-corrected chi connectivity index (χ1v) is 6.89. The van der Waals surface area contributed by atoms with E-state index in [0.717, 1.165) is 30.1 Å². The van der Waals surface area contributed by atoms with Crippen LogP contribution in [-0.2, 0) is 19.6 Å². The van der Waals surface area contributed by atoms with Crippen molar-refractivity contribution in [1.82, 2.24) is 9.78 Å². The van der Waals surface area contributed by atoms with Gasteiger partial charge in [-0.1, -0.05) is 13.0 Å². The number of rotatable bonds is 5. The Balaban J connectivity index is 2.11. The summed E-state index contributed by atoms with van der Waals surface area (Å²) in [5.74, 6) is 0.930. The SMILES string of the molecule is CCc1cc(COc2cc(C)cc(C)c2)n(CC)n1. The Kier molecular flexibility index (Phi) is 4.25. The minimum atomic E-state index is 0.573. The molecule has 0 saturated heterocycles. The molecule has 0 N–H and O–H groups in total. The van der Waals surface area contributed by atoms with Crippen molar-refractivity contribution < 1.29 is 4.74 Å². The predicted molar refractivity (Wildman–Crippen MR) is 77.5 cm³/mol. The normalized spacial score (nSPS) is 10.7. The average molecular weight is 258 g/mol. The van der Waals surface area contributed by atoms with Crippen LogP contribution in [-0.4, -0.2) is 9.78 Å². The van der Waals surface area contributed by atoms with Gasteiger partial charge in [-0.25, -0.2) is 0 Å². The van der Waals surface area contributed by atoms with Crippen molar-refractivity contribution in [3.8, 4) is 5.75 Å². The molecule has 0 fully saturated rings. The number of ether oxygens (including phenoxy) is 1. The Labute approximate surface area is 115 Å². The molecule has 3 heteroatoms. The second kappa shape index (κ2) is 5.91. The molecule has 0 aliphatic rings. The molecule has 0 amide bonds. The number of nitrogens with zero attached hydrogens (tertiary/aromatic N) is 2. The summed E-state index contributed by atoms with van der Waals surface area (Å²) in [6.07, 6.45) is 0.962. The van der Waals surface area contributed by atoms with E-state index < -0.39 is 0 Å². The van der Waals surface area contributed by atoms with Gasteiger partial charge in [-0.05, 0) is 56.5 Å². The molecule has 0 unspecified atom stereocenters. The van der Waals surface area contributed by atoms with E-state index in [-0.39, 0.29) is 0 Å². The molecule has 2 aromatic rings. The Morgan fingerprint density at radius 1 is 1.05 bits per heavy atom. The van der Waals surface area contributed by atoms with Gasteiger partial charge < -0.3 is 4.74 Å². The first kappa shape index (κ1) is 13.7. The quantitative estimate of drug-likeness (QED) is 0.818. The molecule has 0 radical (unpaired) electrons. The molecule has 1 aromatic carbocycles. The van der Waals surface area contributed by atoms with Gasteiger partial charge in [0.15, 0.2) is 0 Å².